The van der Waals surface area contributed by atoms with E-state index in [0.29, 0.717) is 29.8 Å². The third kappa shape index (κ3) is 3.90. The number of piperazine rings is 1. The van der Waals surface area contributed by atoms with Crippen LogP contribution in [0.1, 0.15) is 12.8 Å². The molecule has 25 heavy (non-hydrogen) atoms. The van der Waals surface area contributed by atoms with Crippen molar-refractivity contribution in [2.75, 3.05) is 40.4 Å². The van der Waals surface area contributed by atoms with Gasteiger partial charge >= 0.3 is 0 Å². The van der Waals surface area contributed by atoms with Gasteiger partial charge in [-0.2, -0.15) is 0 Å². The van der Waals surface area contributed by atoms with Crippen LogP contribution >= 0.6 is 0 Å². The van der Waals surface area contributed by atoms with Gasteiger partial charge in [0.15, 0.2) is 11.5 Å². The van der Waals surface area contributed by atoms with Crippen molar-refractivity contribution in [3.63, 3.8) is 0 Å². The summed E-state index contributed by atoms with van der Waals surface area (Å²) in [4.78, 5) is 15.4. The minimum atomic E-state index is 0.119. The third-order valence-corrected chi connectivity index (χ3v) is 4.27. The highest BCUT2D eigenvalue weighted by Crippen LogP contribution is 2.31. The Morgan fingerprint density at radius 2 is 1.84 bits per heavy atom. The number of ether oxygens (including phenoxy) is 2. The van der Waals surface area contributed by atoms with Crippen molar-refractivity contribution in [1.29, 1.82) is 0 Å². The van der Waals surface area contributed by atoms with Crippen molar-refractivity contribution in [3.8, 4) is 23.0 Å². The fraction of sp³-hybridized carbons (Fsp3) is 0.471. The van der Waals surface area contributed by atoms with E-state index in [-0.39, 0.29) is 5.91 Å². The van der Waals surface area contributed by atoms with Gasteiger partial charge in [-0.3, -0.25) is 9.69 Å². The zero-order valence-corrected chi connectivity index (χ0v) is 14.7. The van der Waals surface area contributed by atoms with Gasteiger partial charge in [0.1, 0.15) is 0 Å². The summed E-state index contributed by atoms with van der Waals surface area (Å²) in [6.45, 7) is 5.23. The first-order valence-corrected chi connectivity index (χ1v) is 8.13. The summed E-state index contributed by atoms with van der Waals surface area (Å²) in [5.74, 6) is 2.38. The molecule has 0 bridgehead atoms. The Kier molecular flexibility index (Phi) is 5.18. The van der Waals surface area contributed by atoms with E-state index in [1.807, 2.05) is 17.0 Å². The third-order valence-electron chi connectivity index (χ3n) is 4.27. The molecule has 1 aliphatic heterocycles. The Balaban J connectivity index is 1.66. The summed E-state index contributed by atoms with van der Waals surface area (Å²) >= 11 is 0. The van der Waals surface area contributed by atoms with Crippen molar-refractivity contribution in [1.82, 2.24) is 20.0 Å². The van der Waals surface area contributed by atoms with Gasteiger partial charge in [0.2, 0.25) is 17.7 Å². The van der Waals surface area contributed by atoms with Crippen LogP contribution in [0.5, 0.6) is 11.5 Å². The lowest BCUT2D eigenvalue weighted by molar-refractivity contribution is -0.130. The van der Waals surface area contributed by atoms with E-state index in [9.17, 15) is 4.79 Å². The maximum Gasteiger partial charge on any atom is 0.247 e. The van der Waals surface area contributed by atoms with Crippen molar-refractivity contribution in [3.05, 3.63) is 24.1 Å². The molecule has 8 heteroatoms. The predicted molar refractivity (Wildman–Crippen MR) is 90.4 cm³/mol. The van der Waals surface area contributed by atoms with Gasteiger partial charge in [-0.15, -0.1) is 10.2 Å². The first kappa shape index (κ1) is 17.2. The number of rotatable bonds is 5. The number of aromatic nitrogens is 2. The lowest BCUT2D eigenvalue weighted by atomic mass is 10.2. The zero-order valence-electron chi connectivity index (χ0n) is 14.7. The summed E-state index contributed by atoms with van der Waals surface area (Å²) in [5.41, 5.74) is 0.776. The van der Waals surface area contributed by atoms with Gasteiger partial charge in [-0.25, -0.2) is 0 Å². The van der Waals surface area contributed by atoms with E-state index in [2.05, 4.69) is 15.1 Å². The van der Waals surface area contributed by atoms with Gasteiger partial charge in [0, 0.05) is 38.7 Å². The number of carbonyl (C=O) groups excluding carboxylic acids is 1. The van der Waals surface area contributed by atoms with Crippen LogP contribution in [0, 0.1) is 0 Å². The molecule has 134 valence electrons. The lowest BCUT2D eigenvalue weighted by Crippen LogP contribution is -2.47. The first-order valence-electron chi connectivity index (χ1n) is 8.13. The van der Waals surface area contributed by atoms with Crippen molar-refractivity contribution in [2.45, 2.75) is 13.5 Å². The topological polar surface area (TPSA) is 80.9 Å². The number of hydrogen-bond acceptors (Lipinski definition) is 7. The van der Waals surface area contributed by atoms with E-state index in [0.717, 1.165) is 31.7 Å². The second-order valence-corrected chi connectivity index (χ2v) is 5.85. The highest BCUT2D eigenvalue weighted by molar-refractivity contribution is 5.73. The molecule has 0 atom stereocenters. The highest BCUT2D eigenvalue weighted by atomic mass is 16.5. The van der Waals surface area contributed by atoms with E-state index < -0.39 is 0 Å². The Labute approximate surface area is 146 Å². The van der Waals surface area contributed by atoms with Crippen LogP contribution in [0.4, 0.5) is 0 Å². The minimum absolute atomic E-state index is 0.119. The van der Waals surface area contributed by atoms with Gasteiger partial charge in [0.05, 0.1) is 20.8 Å². The molecule has 0 N–H and O–H groups in total. The number of carbonyl (C=O) groups is 1. The Morgan fingerprint density at radius 1 is 1.12 bits per heavy atom. The first-order chi connectivity index (χ1) is 12.1. The molecular formula is C17H22N4O4. The predicted octanol–water partition coefficient (Wildman–Crippen LogP) is 1.42. The fourth-order valence-electron chi connectivity index (χ4n) is 2.82. The molecule has 1 saturated heterocycles. The van der Waals surface area contributed by atoms with Crippen LogP contribution < -0.4 is 9.47 Å². The van der Waals surface area contributed by atoms with Gasteiger partial charge in [-0.1, -0.05) is 0 Å². The average Bonchev–Trinajstić information content (AvgIpc) is 3.10. The molecule has 0 unspecified atom stereocenters. The van der Waals surface area contributed by atoms with Crippen LogP contribution in [-0.2, 0) is 11.3 Å². The summed E-state index contributed by atoms with van der Waals surface area (Å²) in [7, 11) is 3.18. The highest BCUT2D eigenvalue weighted by Gasteiger charge is 2.20. The number of methoxy groups -OCH3 is 2. The molecule has 1 fully saturated rings. The van der Waals surface area contributed by atoms with Crippen LogP contribution in [0.3, 0.4) is 0 Å². The number of nitrogens with zero attached hydrogens (tertiary/aromatic N) is 4. The molecule has 3 rings (SSSR count). The van der Waals surface area contributed by atoms with E-state index in [4.69, 9.17) is 13.9 Å². The average molecular weight is 346 g/mol. The molecule has 2 aromatic rings. The quantitative estimate of drug-likeness (QED) is 0.810. The maximum absolute atomic E-state index is 11.4. The van der Waals surface area contributed by atoms with Gasteiger partial charge in [0.25, 0.3) is 0 Å². The molecule has 0 radical (unpaired) electrons. The summed E-state index contributed by atoms with van der Waals surface area (Å²) in [6, 6.07) is 5.46. The van der Waals surface area contributed by atoms with Crippen LogP contribution in [-0.4, -0.2) is 66.3 Å². The molecule has 0 aliphatic carbocycles. The lowest BCUT2D eigenvalue weighted by Gasteiger charge is -2.33. The molecular weight excluding hydrogens is 324 g/mol. The maximum atomic E-state index is 11.4. The zero-order chi connectivity index (χ0) is 17.8. The van der Waals surface area contributed by atoms with Crippen molar-refractivity contribution < 1.29 is 18.7 Å². The largest absolute Gasteiger partial charge is 0.493 e. The smallest absolute Gasteiger partial charge is 0.247 e. The number of benzene rings is 1. The SMILES string of the molecule is COc1ccc(-c2nnc(CN3CCN(C(C)=O)CC3)o2)cc1OC. The molecule has 1 aromatic carbocycles. The monoisotopic (exact) mass is 346 g/mol. The molecule has 1 aromatic heterocycles. The molecule has 1 amide bonds. The van der Waals surface area contributed by atoms with Crippen molar-refractivity contribution in [2.24, 2.45) is 0 Å². The second kappa shape index (κ2) is 7.52. The second-order valence-electron chi connectivity index (χ2n) is 5.85. The Morgan fingerprint density at radius 3 is 2.48 bits per heavy atom. The van der Waals surface area contributed by atoms with Crippen molar-refractivity contribution >= 4 is 5.91 Å². The molecule has 2 heterocycles. The molecule has 8 nitrogen and oxygen atoms in total. The van der Waals surface area contributed by atoms with Crippen LogP contribution in [0.2, 0.25) is 0 Å². The molecule has 0 saturated carbocycles. The van der Waals surface area contributed by atoms with E-state index >= 15 is 0 Å². The molecule has 1 aliphatic rings. The number of amides is 1. The number of hydrogen-bond donors (Lipinski definition) is 0. The summed E-state index contributed by atoms with van der Waals surface area (Å²) in [6.07, 6.45) is 0. The summed E-state index contributed by atoms with van der Waals surface area (Å²) < 4.78 is 16.3. The molecule has 0 spiro atoms. The normalized spacial score (nSPS) is 15.2. The van der Waals surface area contributed by atoms with Crippen LogP contribution in [0.25, 0.3) is 11.5 Å². The Bertz CT molecular complexity index is 738. The van der Waals surface area contributed by atoms with E-state index in [1.165, 1.54) is 0 Å². The Hall–Kier alpha value is -2.61. The fourth-order valence-corrected chi connectivity index (χ4v) is 2.82. The van der Waals surface area contributed by atoms with E-state index in [1.54, 1.807) is 27.2 Å². The van der Waals surface area contributed by atoms with Gasteiger partial charge in [-0.05, 0) is 18.2 Å². The standard InChI is InChI=1S/C17H22N4O4/c1-12(22)21-8-6-20(7-9-21)11-16-18-19-17(25-16)13-4-5-14(23-2)15(10-13)24-3/h4-5,10H,6-9,11H2,1-3H3. The van der Waals surface area contributed by atoms with Gasteiger partial charge < -0.3 is 18.8 Å². The summed E-state index contributed by atoms with van der Waals surface area (Å²) in [5, 5.41) is 8.25. The minimum Gasteiger partial charge on any atom is -0.493 e. The van der Waals surface area contributed by atoms with Crippen LogP contribution in [0.15, 0.2) is 22.6 Å².